The predicted molar refractivity (Wildman–Crippen MR) is 51.8 cm³/mol. The highest BCUT2D eigenvalue weighted by molar-refractivity contribution is 5.54. The van der Waals surface area contributed by atoms with Crippen molar-refractivity contribution in [2.45, 2.75) is 51.6 Å². The molecule has 2 bridgehead atoms. The van der Waals surface area contributed by atoms with Crippen LogP contribution in [0.15, 0.2) is 0 Å². The van der Waals surface area contributed by atoms with E-state index in [0.29, 0.717) is 5.92 Å². The first-order chi connectivity index (χ1) is 6.56. The van der Waals surface area contributed by atoms with Gasteiger partial charge in [-0.05, 0) is 13.3 Å². The van der Waals surface area contributed by atoms with E-state index in [1.807, 2.05) is 13.8 Å². The van der Waals surface area contributed by atoms with E-state index >= 15 is 0 Å². The molecule has 4 unspecified atom stereocenters. The van der Waals surface area contributed by atoms with Gasteiger partial charge in [-0.2, -0.15) is 0 Å². The van der Waals surface area contributed by atoms with Crippen LogP contribution in [0.25, 0.3) is 0 Å². The molecule has 2 rings (SSSR count). The Bertz CT molecular complexity index is 241. The molecular weight excluding hydrogens is 180 g/mol. The van der Waals surface area contributed by atoms with Crippen LogP contribution >= 0.6 is 0 Å². The Labute approximate surface area is 84.8 Å². The van der Waals surface area contributed by atoms with Gasteiger partial charge >= 0.3 is 0 Å². The lowest BCUT2D eigenvalue weighted by Crippen LogP contribution is -2.48. The second-order valence-corrected chi connectivity index (χ2v) is 4.77. The smallest absolute Gasteiger partial charge is 0.166 e. The molecule has 14 heavy (non-hydrogen) atoms. The molecule has 0 amide bonds. The number of hydrogen-bond donors (Lipinski definition) is 0. The number of carbonyl (C=O) groups excluding carboxylic acids is 1. The lowest BCUT2D eigenvalue weighted by molar-refractivity contribution is -0.300. The minimum Gasteiger partial charge on any atom is -0.347 e. The number of aldehydes is 1. The van der Waals surface area contributed by atoms with E-state index in [1.165, 1.54) is 0 Å². The normalized spacial score (nSPS) is 48.9. The van der Waals surface area contributed by atoms with Gasteiger partial charge < -0.3 is 14.3 Å². The Morgan fingerprint density at radius 2 is 2.21 bits per heavy atom. The van der Waals surface area contributed by atoms with E-state index in [0.717, 1.165) is 19.1 Å². The van der Waals surface area contributed by atoms with Gasteiger partial charge in [0, 0.05) is 18.3 Å². The van der Waals surface area contributed by atoms with Crippen molar-refractivity contribution in [3.05, 3.63) is 0 Å². The summed E-state index contributed by atoms with van der Waals surface area (Å²) in [7, 11) is 0. The van der Waals surface area contributed by atoms with Crippen molar-refractivity contribution in [2.75, 3.05) is 0 Å². The topological polar surface area (TPSA) is 35.5 Å². The zero-order valence-electron chi connectivity index (χ0n) is 9.03. The van der Waals surface area contributed by atoms with Crippen LogP contribution < -0.4 is 0 Å². The van der Waals surface area contributed by atoms with Crippen LogP contribution in [-0.4, -0.2) is 24.3 Å². The molecule has 0 aromatic carbocycles. The standard InChI is InChI=1S/C11H18O3/c1-7(6-12)10-8(2)9-4-5-11(3,13-9)14-10/h6-10H,4-5H2,1-3H3/t7-,8?,9?,10?,11?/m1/s1. The molecule has 5 atom stereocenters. The summed E-state index contributed by atoms with van der Waals surface area (Å²) in [5, 5.41) is 0. The Kier molecular flexibility index (Phi) is 2.40. The quantitative estimate of drug-likeness (QED) is 0.634. The second-order valence-electron chi connectivity index (χ2n) is 4.77. The van der Waals surface area contributed by atoms with Gasteiger partial charge in [0.1, 0.15) is 6.29 Å². The van der Waals surface area contributed by atoms with Crippen molar-refractivity contribution in [3.63, 3.8) is 0 Å². The summed E-state index contributed by atoms with van der Waals surface area (Å²) in [4.78, 5) is 10.8. The van der Waals surface area contributed by atoms with Crippen LogP contribution in [0.1, 0.15) is 33.6 Å². The second kappa shape index (κ2) is 3.31. The van der Waals surface area contributed by atoms with Crippen LogP contribution in [0.2, 0.25) is 0 Å². The van der Waals surface area contributed by atoms with E-state index in [9.17, 15) is 4.79 Å². The minimum atomic E-state index is -0.431. The highest BCUT2D eigenvalue weighted by Gasteiger charge is 2.49. The van der Waals surface area contributed by atoms with Gasteiger partial charge in [0.15, 0.2) is 5.79 Å². The fraction of sp³-hybridized carbons (Fsp3) is 0.909. The van der Waals surface area contributed by atoms with Gasteiger partial charge in [0.25, 0.3) is 0 Å². The molecule has 2 aliphatic heterocycles. The van der Waals surface area contributed by atoms with Gasteiger partial charge in [-0.25, -0.2) is 0 Å². The first-order valence-electron chi connectivity index (χ1n) is 5.37. The van der Waals surface area contributed by atoms with Crippen LogP contribution in [0.4, 0.5) is 0 Å². The minimum absolute atomic E-state index is 0.0266. The van der Waals surface area contributed by atoms with Crippen LogP contribution in [0, 0.1) is 11.8 Å². The van der Waals surface area contributed by atoms with Gasteiger partial charge in [0.05, 0.1) is 12.2 Å². The van der Waals surface area contributed by atoms with Gasteiger partial charge in [-0.15, -0.1) is 0 Å². The molecule has 2 heterocycles. The lowest BCUT2D eigenvalue weighted by Gasteiger charge is -2.41. The molecule has 0 aromatic rings. The summed E-state index contributed by atoms with van der Waals surface area (Å²) in [6, 6.07) is 0. The first-order valence-corrected chi connectivity index (χ1v) is 5.37. The maximum atomic E-state index is 10.8. The summed E-state index contributed by atoms with van der Waals surface area (Å²) >= 11 is 0. The Balaban J connectivity index is 2.16. The van der Waals surface area contributed by atoms with Crippen molar-refractivity contribution in [2.24, 2.45) is 11.8 Å². The maximum Gasteiger partial charge on any atom is 0.166 e. The number of rotatable bonds is 2. The third-order valence-corrected chi connectivity index (χ3v) is 3.51. The molecule has 3 heteroatoms. The average Bonchev–Trinajstić information content (AvgIpc) is 2.50. The summed E-state index contributed by atoms with van der Waals surface area (Å²) in [6.45, 7) is 6.01. The molecule has 80 valence electrons. The average molecular weight is 198 g/mol. The molecule has 3 nitrogen and oxygen atoms in total. The zero-order chi connectivity index (χ0) is 10.3. The SMILES string of the molecule is CC1C2CCC(C)(O2)OC1[C@H](C)C=O. The number of carbonyl (C=O) groups is 1. The summed E-state index contributed by atoms with van der Waals surface area (Å²) in [6.07, 6.45) is 3.29. The third-order valence-electron chi connectivity index (χ3n) is 3.51. The number of fused-ring (bicyclic) bond motifs is 2. The highest BCUT2D eigenvalue weighted by Crippen LogP contribution is 2.43. The van der Waals surface area contributed by atoms with E-state index in [-0.39, 0.29) is 18.1 Å². The number of hydrogen-bond acceptors (Lipinski definition) is 3. The molecule has 0 N–H and O–H groups in total. The molecule has 0 radical (unpaired) electrons. The van der Waals surface area contributed by atoms with Crippen LogP contribution in [0.5, 0.6) is 0 Å². The van der Waals surface area contributed by atoms with E-state index in [1.54, 1.807) is 0 Å². The monoisotopic (exact) mass is 198 g/mol. The molecule has 0 saturated carbocycles. The van der Waals surface area contributed by atoms with Crippen molar-refractivity contribution < 1.29 is 14.3 Å². The molecule has 2 aliphatic rings. The Morgan fingerprint density at radius 3 is 2.86 bits per heavy atom. The fourth-order valence-electron chi connectivity index (χ4n) is 2.57. The first kappa shape index (κ1) is 10.1. The van der Waals surface area contributed by atoms with Gasteiger partial charge in [0.2, 0.25) is 0 Å². The van der Waals surface area contributed by atoms with E-state index in [4.69, 9.17) is 9.47 Å². The van der Waals surface area contributed by atoms with Gasteiger partial charge in [-0.3, -0.25) is 0 Å². The molecule has 0 aliphatic carbocycles. The Morgan fingerprint density at radius 1 is 1.50 bits per heavy atom. The molecular formula is C11H18O3. The molecule has 0 spiro atoms. The van der Waals surface area contributed by atoms with Crippen LogP contribution in [0.3, 0.4) is 0 Å². The summed E-state index contributed by atoms with van der Waals surface area (Å²) < 4.78 is 11.7. The third kappa shape index (κ3) is 1.48. The lowest BCUT2D eigenvalue weighted by atomic mass is 9.89. The molecule has 2 fully saturated rings. The molecule has 0 aromatic heterocycles. The van der Waals surface area contributed by atoms with Crippen molar-refractivity contribution in [3.8, 4) is 0 Å². The zero-order valence-corrected chi connectivity index (χ0v) is 9.03. The number of ether oxygens (including phenoxy) is 2. The van der Waals surface area contributed by atoms with Crippen molar-refractivity contribution in [1.82, 2.24) is 0 Å². The largest absolute Gasteiger partial charge is 0.347 e. The Hall–Kier alpha value is -0.410. The van der Waals surface area contributed by atoms with Crippen molar-refractivity contribution >= 4 is 6.29 Å². The fourth-order valence-corrected chi connectivity index (χ4v) is 2.57. The maximum absolute atomic E-state index is 10.8. The highest BCUT2D eigenvalue weighted by atomic mass is 16.7. The van der Waals surface area contributed by atoms with E-state index in [2.05, 4.69) is 6.92 Å². The summed E-state index contributed by atoms with van der Waals surface area (Å²) in [5.74, 6) is -0.140. The van der Waals surface area contributed by atoms with Crippen molar-refractivity contribution in [1.29, 1.82) is 0 Å². The predicted octanol–water partition coefficient (Wildman–Crippen LogP) is 1.75. The van der Waals surface area contributed by atoms with Gasteiger partial charge in [-0.1, -0.05) is 13.8 Å². The summed E-state index contributed by atoms with van der Waals surface area (Å²) in [5.41, 5.74) is 0. The van der Waals surface area contributed by atoms with E-state index < -0.39 is 5.79 Å². The molecule has 2 saturated heterocycles. The van der Waals surface area contributed by atoms with Crippen LogP contribution in [-0.2, 0) is 14.3 Å².